The lowest BCUT2D eigenvalue weighted by molar-refractivity contribution is 0.111. The zero-order valence-electron chi connectivity index (χ0n) is 9.27. The van der Waals surface area contributed by atoms with Crippen molar-refractivity contribution in [2.24, 2.45) is 0 Å². The van der Waals surface area contributed by atoms with Crippen LogP contribution in [0.1, 0.15) is 21.6 Å². The number of nitrogens with zero attached hydrogens (tertiary/aromatic N) is 1. The average molecular weight is 246 g/mol. The van der Waals surface area contributed by atoms with E-state index in [0.717, 1.165) is 29.7 Å². The van der Waals surface area contributed by atoms with Crippen LogP contribution in [0.25, 0.3) is 0 Å². The smallest absolute Gasteiger partial charge is 0.168 e. The van der Waals surface area contributed by atoms with Crippen LogP contribution in [0.3, 0.4) is 0 Å². The quantitative estimate of drug-likeness (QED) is 0.774. The molecule has 0 amide bonds. The lowest BCUT2D eigenvalue weighted by Gasteiger charge is -2.04. The highest BCUT2D eigenvalue weighted by atomic mass is 35.5. The van der Waals surface area contributed by atoms with Gasteiger partial charge in [-0.15, -0.1) is 0 Å². The first-order valence-electron chi connectivity index (χ1n) is 5.43. The Labute approximate surface area is 105 Å². The summed E-state index contributed by atoms with van der Waals surface area (Å²) >= 11 is 5.92. The first-order chi connectivity index (χ1) is 8.29. The second-order valence-electron chi connectivity index (χ2n) is 3.80. The van der Waals surface area contributed by atoms with Crippen LogP contribution in [-0.4, -0.2) is 11.3 Å². The zero-order chi connectivity index (χ0) is 12.1. The summed E-state index contributed by atoms with van der Waals surface area (Å²) in [5, 5.41) is 0.740. The van der Waals surface area contributed by atoms with Crippen molar-refractivity contribution < 1.29 is 4.79 Å². The number of benzene rings is 1. The van der Waals surface area contributed by atoms with E-state index in [1.54, 1.807) is 6.20 Å². The molecule has 0 bridgehead atoms. The maximum Gasteiger partial charge on any atom is 0.168 e. The van der Waals surface area contributed by atoms with Crippen molar-refractivity contribution in [1.29, 1.82) is 0 Å². The molecule has 17 heavy (non-hydrogen) atoms. The Hall–Kier alpha value is -1.67. The topological polar surface area (TPSA) is 30.0 Å². The van der Waals surface area contributed by atoms with Gasteiger partial charge in [-0.25, -0.2) is 0 Å². The summed E-state index contributed by atoms with van der Waals surface area (Å²) in [6, 6.07) is 11.5. The molecule has 0 radical (unpaired) electrons. The minimum Gasteiger partial charge on any atom is -0.296 e. The third-order valence-corrected chi connectivity index (χ3v) is 2.84. The normalized spacial score (nSPS) is 10.2. The highest BCUT2D eigenvalue weighted by Crippen LogP contribution is 2.13. The monoisotopic (exact) mass is 245 g/mol. The fraction of sp³-hybridized carbons (Fsp3) is 0.143. The number of carbonyl (C=O) groups excluding carboxylic acids is 1. The van der Waals surface area contributed by atoms with E-state index in [-0.39, 0.29) is 0 Å². The maximum absolute atomic E-state index is 10.8. The van der Waals surface area contributed by atoms with Crippen LogP contribution in [0.2, 0.25) is 5.02 Å². The highest BCUT2D eigenvalue weighted by Gasteiger charge is 2.02. The number of aryl methyl sites for hydroxylation is 2. The number of hydrogen-bond donors (Lipinski definition) is 0. The molecular weight excluding hydrogens is 234 g/mol. The molecule has 3 heteroatoms. The Morgan fingerprint density at radius 3 is 2.82 bits per heavy atom. The summed E-state index contributed by atoms with van der Waals surface area (Å²) in [6.45, 7) is 0. The summed E-state index contributed by atoms with van der Waals surface area (Å²) in [7, 11) is 0. The van der Waals surface area contributed by atoms with Crippen LogP contribution >= 0.6 is 11.6 Å². The fourth-order valence-corrected chi connectivity index (χ4v) is 1.95. The Bertz CT molecular complexity index is 525. The van der Waals surface area contributed by atoms with E-state index in [1.807, 2.05) is 36.4 Å². The van der Waals surface area contributed by atoms with Crippen LogP contribution < -0.4 is 0 Å². The lowest BCUT2D eigenvalue weighted by atomic mass is 10.0. The van der Waals surface area contributed by atoms with Crippen molar-refractivity contribution in [3.8, 4) is 0 Å². The third kappa shape index (κ3) is 3.14. The van der Waals surface area contributed by atoms with Crippen molar-refractivity contribution >= 4 is 17.9 Å². The summed E-state index contributed by atoms with van der Waals surface area (Å²) in [5.74, 6) is 0. The van der Waals surface area contributed by atoms with Crippen LogP contribution in [0.4, 0.5) is 0 Å². The Morgan fingerprint density at radius 1 is 1.18 bits per heavy atom. The molecule has 1 heterocycles. The zero-order valence-corrected chi connectivity index (χ0v) is 10.0. The molecule has 0 fully saturated rings. The predicted molar refractivity (Wildman–Crippen MR) is 68.5 cm³/mol. The molecule has 0 aliphatic rings. The van der Waals surface area contributed by atoms with Crippen molar-refractivity contribution in [3.05, 3.63) is 64.4 Å². The molecule has 1 aromatic heterocycles. The molecule has 1 aromatic carbocycles. The van der Waals surface area contributed by atoms with Gasteiger partial charge >= 0.3 is 0 Å². The van der Waals surface area contributed by atoms with Gasteiger partial charge in [-0.3, -0.25) is 9.78 Å². The van der Waals surface area contributed by atoms with Crippen LogP contribution in [0, 0.1) is 0 Å². The second kappa shape index (κ2) is 5.60. The van der Waals surface area contributed by atoms with E-state index in [9.17, 15) is 4.79 Å². The average Bonchev–Trinajstić information content (AvgIpc) is 2.37. The Balaban J connectivity index is 2.09. The molecule has 2 rings (SSSR count). The fourth-order valence-electron chi connectivity index (χ4n) is 1.74. The van der Waals surface area contributed by atoms with Gasteiger partial charge in [0.1, 0.15) is 5.69 Å². The second-order valence-corrected chi connectivity index (χ2v) is 4.23. The van der Waals surface area contributed by atoms with E-state index in [4.69, 9.17) is 11.6 Å². The van der Waals surface area contributed by atoms with Crippen LogP contribution in [0.15, 0.2) is 42.6 Å². The third-order valence-electron chi connectivity index (χ3n) is 2.61. The van der Waals surface area contributed by atoms with E-state index < -0.39 is 0 Å². The lowest BCUT2D eigenvalue weighted by Crippen LogP contribution is -1.98. The number of aldehydes is 1. The molecule has 0 atom stereocenters. The van der Waals surface area contributed by atoms with E-state index in [2.05, 4.69) is 4.98 Å². The number of hydrogen-bond acceptors (Lipinski definition) is 2. The molecule has 0 aliphatic heterocycles. The summed E-state index contributed by atoms with van der Waals surface area (Å²) in [6.07, 6.45) is 4.08. The molecular formula is C14H12ClNO. The first-order valence-corrected chi connectivity index (χ1v) is 5.81. The van der Waals surface area contributed by atoms with E-state index >= 15 is 0 Å². The van der Waals surface area contributed by atoms with Gasteiger partial charge in [0.25, 0.3) is 0 Å². The Morgan fingerprint density at radius 2 is 2.06 bits per heavy atom. The molecule has 0 aliphatic carbocycles. The predicted octanol–water partition coefficient (Wildman–Crippen LogP) is 3.33. The van der Waals surface area contributed by atoms with E-state index in [1.165, 1.54) is 5.56 Å². The molecule has 2 aromatic rings. The number of aromatic nitrogens is 1. The van der Waals surface area contributed by atoms with Gasteiger partial charge in [0.15, 0.2) is 6.29 Å². The van der Waals surface area contributed by atoms with Crippen molar-refractivity contribution in [3.63, 3.8) is 0 Å². The Kier molecular flexibility index (Phi) is 3.89. The van der Waals surface area contributed by atoms with Gasteiger partial charge in [0.2, 0.25) is 0 Å². The molecule has 2 nitrogen and oxygen atoms in total. The van der Waals surface area contributed by atoms with Gasteiger partial charge in [-0.05, 0) is 42.2 Å². The van der Waals surface area contributed by atoms with Crippen molar-refractivity contribution in [1.82, 2.24) is 4.98 Å². The first kappa shape index (κ1) is 11.8. The number of pyridine rings is 1. The van der Waals surface area contributed by atoms with E-state index in [0.29, 0.717) is 5.69 Å². The van der Waals surface area contributed by atoms with Gasteiger partial charge in [-0.2, -0.15) is 0 Å². The largest absolute Gasteiger partial charge is 0.296 e. The minimum absolute atomic E-state index is 0.523. The summed E-state index contributed by atoms with van der Waals surface area (Å²) in [4.78, 5) is 14.8. The van der Waals surface area contributed by atoms with Gasteiger partial charge in [0, 0.05) is 11.2 Å². The number of carbonyl (C=O) groups is 1. The van der Waals surface area contributed by atoms with Gasteiger partial charge in [0.05, 0.1) is 0 Å². The highest BCUT2D eigenvalue weighted by molar-refractivity contribution is 6.30. The molecule has 86 valence electrons. The molecule has 0 unspecified atom stereocenters. The summed E-state index contributed by atoms with van der Waals surface area (Å²) in [5.41, 5.74) is 2.66. The van der Waals surface area contributed by atoms with Crippen molar-refractivity contribution in [2.45, 2.75) is 12.8 Å². The number of halogens is 1. The SMILES string of the molecule is O=Cc1ncccc1CCc1cccc(Cl)c1. The van der Waals surface area contributed by atoms with Crippen LogP contribution in [0.5, 0.6) is 0 Å². The van der Waals surface area contributed by atoms with Crippen LogP contribution in [-0.2, 0) is 12.8 Å². The molecule has 0 saturated carbocycles. The minimum atomic E-state index is 0.523. The van der Waals surface area contributed by atoms with Crippen molar-refractivity contribution in [2.75, 3.05) is 0 Å². The molecule has 0 N–H and O–H groups in total. The number of rotatable bonds is 4. The summed E-state index contributed by atoms with van der Waals surface area (Å²) < 4.78 is 0. The van der Waals surface area contributed by atoms with Gasteiger partial charge < -0.3 is 0 Å². The molecule has 0 spiro atoms. The standard InChI is InChI=1S/C14H12ClNO/c15-13-5-1-3-11(9-13)6-7-12-4-2-8-16-14(12)10-17/h1-5,8-10H,6-7H2. The molecule has 0 saturated heterocycles. The maximum atomic E-state index is 10.8. The van der Waals surface area contributed by atoms with Gasteiger partial charge in [-0.1, -0.05) is 29.8 Å².